The number of aromatic nitrogens is 1. The Balaban J connectivity index is 1.56. The predicted molar refractivity (Wildman–Crippen MR) is 93.0 cm³/mol. The number of ether oxygens (including phenoxy) is 1. The molecule has 0 aliphatic heterocycles. The van der Waals surface area contributed by atoms with Gasteiger partial charge in [-0.05, 0) is 19.1 Å². The van der Waals surface area contributed by atoms with Crippen LogP contribution < -0.4 is 5.32 Å². The van der Waals surface area contributed by atoms with E-state index in [1.807, 2.05) is 30.3 Å². The van der Waals surface area contributed by atoms with Crippen molar-refractivity contribution in [2.75, 3.05) is 0 Å². The summed E-state index contributed by atoms with van der Waals surface area (Å²) in [5.41, 5.74) is 1.12. The van der Waals surface area contributed by atoms with E-state index in [0.717, 1.165) is 10.6 Å². The Bertz CT molecular complexity index is 843. The molecule has 2 aromatic heterocycles. The Morgan fingerprint density at radius 3 is 2.76 bits per heavy atom. The van der Waals surface area contributed by atoms with Crippen molar-refractivity contribution >= 4 is 23.2 Å². The van der Waals surface area contributed by atoms with Crippen molar-refractivity contribution < 1.29 is 18.7 Å². The largest absolute Gasteiger partial charge is 0.467 e. The number of carbonyl (C=O) groups excluding carboxylic acids is 2. The van der Waals surface area contributed by atoms with Crippen LogP contribution in [0.5, 0.6) is 0 Å². The van der Waals surface area contributed by atoms with Gasteiger partial charge in [-0.2, -0.15) is 0 Å². The lowest BCUT2D eigenvalue weighted by atomic mass is 10.2. The van der Waals surface area contributed by atoms with Gasteiger partial charge in [0.1, 0.15) is 10.8 Å². The maximum Gasteiger partial charge on any atom is 0.358 e. The van der Waals surface area contributed by atoms with E-state index in [1.54, 1.807) is 17.5 Å². The lowest BCUT2D eigenvalue weighted by Gasteiger charge is -2.12. The Kier molecular flexibility index (Phi) is 5.25. The molecule has 0 aliphatic rings. The summed E-state index contributed by atoms with van der Waals surface area (Å²) in [6.07, 6.45) is 0.599. The highest BCUT2D eigenvalue weighted by atomic mass is 32.1. The lowest BCUT2D eigenvalue weighted by molar-refractivity contribution is -0.129. The van der Waals surface area contributed by atoms with Crippen LogP contribution in [-0.4, -0.2) is 23.0 Å². The number of nitrogens with zero attached hydrogens (tertiary/aromatic N) is 1. The Labute approximate surface area is 148 Å². The van der Waals surface area contributed by atoms with Crippen molar-refractivity contribution in [1.29, 1.82) is 0 Å². The van der Waals surface area contributed by atoms with Gasteiger partial charge in [0.2, 0.25) is 0 Å². The van der Waals surface area contributed by atoms with Gasteiger partial charge in [0.15, 0.2) is 11.8 Å². The van der Waals surface area contributed by atoms with E-state index in [4.69, 9.17) is 9.15 Å². The van der Waals surface area contributed by atoms with Crippen LogP contribution >= 0.6 is 11.3 Å². The summed E-state index contributed by atoms with van der Waals surface area (Å²) in [4.78, 5) is 28.4. The number of hydrogen-bond acceptors (Lipinski definition) is 6. The average molecular weight is 356 g/mol. The quantitative estimate of drug-likeness (QED) is 0.686. The van der Waals surface area contributed by atoms with Crippen molar-refractivity contribution in [1.82, 2.24) is 10.3 Å². The molecule has 0 saturated carbocycles. The molecule has 0 bridgehead atoms. The number of benzene rings is 1. The minimum absolute atomic E-state index is 0.189. The van der Waals surface area contributed by atoms with Crippen molar-refractivity contribution in [2.24, 2.45) is 0 Å². The minimum atomic E-state index is -0.927. The van der Waals surface area contributed by atoms with Crippen LogP contribution in [0.15, 0.2) is 58.5 Å². The van der Waals surface area contributed by atoms with E-state index < -0.39 is 18.0 Å². The maximum absolute atomic E-state index is 12.2. The van der Waals surface area contributed by atoms with Crippen LogP contribution in [0.4, 0.5) is 0 Å². The standard InChI is InChI=1S/C18H16N2O4S/c1-12(16(21)19-10-14-8-5-9-23-14)24-18(22)15-11-25-17(20-15)13-6-3-2-4-7-13/h2-9,11-12H,10H2,1H3,(H,19,21)/t12-/m0/s1. The van der Waals surface area contributed by atoms with E-state index in [9.17, 15) is 9.59 Å². The minimum Gasteiger partial charge on any atom is -0.467 e. The molecule has 7 heteroatoms. The van der Waals surface area contributed by atoms with Gasteiger partial charge in [0, 0.05) is 10.9 Å². The first kappa shape index (κ1) is 16.9. The SMILES string of the molecule is C[C@H](OC(=O)c1csc(-c2ccccc2)n1)C(=O)NCc1ccco1. The smallest absolute Gasteiger partial charge is 0.358 e. The van der Waals surface area contributed by atoms with Gasteiger partial charge in [0.25, 0.3) is 5.91 Å². The molecule has 0 unspecified atom stereocenters. The van der Waals surface area contributed by atoms with E-state index in [-0.39, 0.29) is 12.2 Å². The van der Waals surface area contributed by atoms with Crippen molar-refractivity contribution in [3.8, 4) is 10.6 Å². The summed E-state index contributed by atoms with van der Waals surface area (Å²) in [6.45, 7) is 1.75. The summed E-state index contributed by atoms with van der Waals surface area (Å²) < 4.78 is 10.3. The zero-order valence-electron chi connectivity index (χ0n) is 13.5. The molecule has 2 heterocycles. The first-order valence-corrected chi connectivity index (χ1v) is 8.53. The first-order valence-electron chi connectivity index (χ1n) is 7.65. The number of nitrogens with one attached hydrogen (secondary N) is 1. The molecule has 0 spiro atoms. The summed E-state index contributed by atoms with van der Waals surface area (Å²) in [7, 11) is 0. The van der Waals surface area contributed by atoms with Crippen LogP contribution in [0.25, 0.3) is 10.6 Å². The van der Waals surface area contributed by atoms with Crippen molar-refractivity contribution in [3.05, 3.63) is 65.6 Å². The molecule has 1 aromatic carbocycles. The Morgan fingerprint density at radius 2 is 2.04 bits per heavy atom. The summed E-state index contributed by atoms with van der Waals surface area (Å²) >= 11 is 1.35. The molecular weight excluding hydrogens is 340 g/mol. The van der Waals surface area contributed by atoms with Crippen LogP contribution in [0.1, 0.15) is 23.2 Å². The van der Waals surface area contributed by atoms with E-state index in [1.165, 1.54) is 24.5 Å². The normalized spacial score (nSPS) is 11.7. The Hall–Kier alpha value is -2.93. The van der Waals surface area contributed by atoms with Crippen LogP contribution in [0, 0.1) is 0 Å². The molecule has 128 valence electrons. The fourth-order valence-electron chi connectivity index (χ4n) is 2.09. The molecule has 1 amide bonds. The molecular formula is C18H16N2O4S. The number of rotatable bonds is 6. The Morgan fingerprint density at radius 1 is 1.24 bits per heavy atom. The third-order valence-electron chi connectivity index (χ3n) is 3.40. The van der Waals surface area contributed by atoms with E-state index in [2.05, 4.69) is 10.3 Å². The van der Waals surface area contributed by atoms with Gasteiger partial charge in [0.05, 0.1) is 12.8 Å². The predicted octanol–water partition coefficient (Wildman–Crippen LogP) is 3.26. The monoisotopic (exact) mass is 356 g/mol. The maximum atomic E-state index is 12.2. The van der Waals surface area contributed by atoms with E-state index in [0.29, 0.717) is 5.76 Å². The molecule has 1 N–H and O–H groups in total. The third-order valence-corrected chi connectivity index (χ3v) is 4.30. The molecule has 6 nitrogen and oxygen atoms in total. The second kappa shape index (κ2) is 7.76. The van der Waals surface area contributed by atoms with Crippen LogP contribution in [-0.2, 0) is 16.1 Å². The highest BCUT2D eigenvalue weighted by Crippen LogP contribution is 2.23. The van der Waals surface area contributed by atoms with Gasteiger partial charge in [-0.15, -0.1) is 11.3 Å². The molecule has 0 fully saturated rings. The molecule has 0 aliphatic carbocycles. The summed E-state index contributed by atoms with van der Waals surface area (Å²) in [5.74, 6) is -0.402. The number of carbonyl (C=O) groups is 2. The van der Waals surface area contributed by atoms with E-state index >= 15 is 0 Å². The fourth-order valence-corrected chi connectivity index (χ4v) is 2.88. The van der Waals surface area contributed by atoms with Crippen LogP contribution in [0.3, 0.4) is 0 Å². The number of thiazole rings is 1. The molecule has 1 atom stereocenters. The van der Waals surface area contributed by atoms with Crippen LogP contribution in [0.2, 0.25) is 0 Å². The second-order valence-electron chi connectivity index (χ2n) is 5.25. The second-order valence-corrected chi connectivity index (χ2v) is 6.11. The number of hydrogen-bond donors (Lipinski definition) is 1. The molecule has 3 rings (SSSR count). The summed E-state index contributed by atoms with van der Waals surface area (Å²) in [6, 6.07) is 13.0. The summed E-state index contributed by atoms with van der Waals surface area (Å²) in [5, 5.41) is 4.99. The fraction of sp³-hybridized carbons (Fsp3) is 0.167. The molecule has 3 aromatic rings. The molecule has 0 saturated heterocycles. The molecule has 0 radical (unpaired) electrons. The number of furan rings is 1. The topological polar surface area (TPSA) is 81.4 Å². The third kappa shape index (κ3) is 4.33. The highest BCUT2D eigenvalue weighted by molar-refractivity contribution is 7.13. The number of esters is 1. The van der Waals surface area contributed by atoms with Gasteiger partial charge in [-0.1, -0.05) is 30.3 Å². The highest BCUT2D eigenvalue weighted by Gasteiger charge is 2.21. The average Bonchev–Trinajstić information content (AvgIpc) is 3.32. The van der Waals surface area contributed by atoms with Crippen molar-refractivity contribution in [3.63, 3.8) is 0 Å². The van der Waals surface area contributed by atoms with Crippen molar-refractivity contribution in [2.45, 2.75) is 19.6 Å². The van der Waals surface area contributed by atoms with Gasteiger partial charge in [-0.25, -0.2) is 9.78 Å². The zero-order chi connectivity index (χ0) is 17.6. The first-order chi connectivity index (χ1) is 12.1. The lowest BCUT2D eigenvalue weighted by Crippen LogP contribution is -2.35. The molecule has 25 heavy (non-hydrogen) atoms. The van der Waals surface area contributed by atoms with Gasteiger partial charge < -0.3 is 14.5 Å². The van der Waals surface area contributed by atoms with Gasteiger partial charge in [-0.3, -0.25) is 4.79 Å². The van der Waals surface area contributed by atoms with Gasteiger partial charge >= 0.3 is 5.97 Å². The number of amides is 1. The zero-order valence-corrected chi connectivity index (χ0v) is 14.3.